The van der Waals surface area contributed by atoms with Crippen molar-refractivity contribution in [2.24, 2.45) is 5.41 Å². The monoisotopic (exact) mass is 251 g/mol. The highest BCUT2D eigenvalue weighted by atomic mass is 16.3. The number of nitrogens with one attached hydrogen (secondary N) is 1. The van der Waals surface area contributed by atoms with Crippen LogP contribution in [0.15, 0.2) is 24.3 Å². The maximum Gasteiger partial charge on any atom is 0.120 e. The summed E-state index contributed by atoms with van der Waals surface area (Å²) in [6, 6.07) is 7.41. The number of aliphatic hydroxyl groups excluding tert-OH is 1. The van der Waals surface area contributed by atoms with Crippen LogP contribution in [0.25, 0.3) is 0 Å². The number of phenols is 1. The number of benzene rings is 1. The van der Waals surface area contributed by atoms with E-state index < -0.39 is 6.10 Å². The fourth-order valence-electron chi connectivity index (χ4n) is 1.82. The zero-order valence-corrected chi connectivity index (χ0v) is 11.8. The van der Waals surface area contributed by atoms with E-state index in [2.05, 4.69) is 12.2 Å². The molecule has 1 aromatic rings. The van der Waals surface area contributed by atoms with Gasteiger partial charge in [-0.1, -0.05) is 45.9 Å². The van der Waals surface area contributed by atoms with E-state index >= 15 is 0 Å². The van der Waals surface area contributed by atoms with E-state index in [4.69, 9.17) is 0 Å². The van der Waals surface area contributed by atoms with Crippen LogP contribution in [0.4, 0.5) is 0 Å². The molecule has 0 bridgehead atoms. The van der Waals surface area contributed by atoms with Crippen LogP contribution < -0.4 is 5.32 Å². The molecule has 0 unspecified atom stereocenters. The number of hydrogen-bond acceptors (Lipinski definition) is 3. The molecule has 0 spiro atoms. The minimum Gasteiger partial charge on any atom is -0.508 e. The predicted octanol–water partition coefficient (Wildman–Crippen LogP) is 2.84. The third-order valence-electron chi connectivity index (χ3n) is 3.28. The van der Waals surface area contributed by atoms with E-state index in [1.54, 1.807) is 6.07 Å². The molecule has 3 nitrogen and oxygen atoms in total. The second-order valence-corrected chi connectivity index (χ2v) is 5.81. The Hall–Kier alpha value is -1.06. The van der Waals surface area contributed by atoms with Gasteiger partial charge in [-0.3, -0.25) is 0 Å². The second kappa shape index (κ2) is 6.21. The molecule has 3 N–H and O–H groups in total. The lowest BCUT2D eigenvalue weighted by atomic mass is 9.89. The van der Waals surface area contributed by atoms with Gasteiger partial charge in [0.25, 0.3) is 0 Å². The number of aromatic hydroxyl groups is 1. The molecule has 0 aliphatic rings. The van der Waals surface area contributed by atoms with E-state index in [0.29, 0.717) is 12.3 Å². The molecule has 18 heavy (non-hydrogen) atoms. The Balaban J connectivity index is 2.67. The van der Waals surface area contributed by atoms with Gasteiger partial charge in [-0.2, -0.15) is 0 Å². The molecule has 0 amide bonds. The van der Waals surface area contributed by atoms with Crippen molar-refractivity contribution in [2.75, 3.05) is 6.54 Å². The molecule has 1 rings (SSSR count). The van der Waals surface area contributed by atoms with Crippen LogP contribution in [-0.4, -0.2) is 22.9 Å². The number of aliphatic hydroxyl groups is 1. The zero-order valence-electron chi connectivity index (χ0n) is 11.8. The Labute approximate surface area is 110 Å². The van der Waals surface area contributed by atoms with Gasteiger partial charge < -0.3 is 15.5 Å². The fourth-order valence-corrected chi connectivity index (χ4v) is 1.82. The summed E-state index contributed by atoms with van der Waals surface area (Å²) in [7, 11) is 0. The number of rotatable bonds is 5. The zero-order chi connectivity index (χ0) is 13.8. The van der Waals surface area contributed by atoms with Gasteiger partial charge in [-0.05, 0) is 17.9 Å². The van der Waals surface area contributed by atoms with Crippen LogP contribution in [0.5, 0.6) is 5.75 Å². The van der Waals surface area contributed by atoms with Crippen molar-refractivity contribution in [1.29, 1.82) is 0 Å². The molecule has 0 aliphatic heterocycles. The van der Waals surface area contributed by atoms with Crippen molar-refractivity contribution in [1.82, 2.24) is 5.32 Å². The Morgan fingerprint density at radius 2 is 1.83 bits per heavy atom. The highest BCUT2D eigenvalue weighted by molar-refractivity contribution is 5.34. The van der Waals surface area contributed by atoms with Gasteiger partial charge in [0.1, 0.15) is 5.75 Å². The lowest BCUT2D eigenvalue weighted by Crippen LogP contribution is -2.38. The van der Waals surface area contributed by atoms with Crippen LogP contribution in [0.2, 0.25) is 0 Å². The maximum atomic E-state index is 10.0. The summed E-state index contributed by atoms with van der Waals surface area (Å²) >= 11 is 0. The predicted molar refractivity (Wildman–Crippen MR) is 74.6 cm³/mol. The Morgan fingerprint density at radius 1 is 1.22 bits per heavy atom. The summed E-state index contributed by atoms with van der Waals surface area (Å²) < 4.78 is 0. The summed E-state index contributed by atoms with van der Waals surface area (Å²) in [5, 5.41) is 23.2. The van der Waals surface area contributed by atoms with Crippen LogP contribution in [0, 0.1) is 5.41 Å². The molecule has 0 heterocycles. The van der Waals surface area contributed by atoms with E-state index in [9.17, 15) is 10.2 Å². The van der Waals surface area contributed by atoms with Crippen LogP contribution in [0.3, 0.4) is 0 Å². The summed E-state index contributed by atoms with van der Waals surface area (Å²) in [6.45, 7) is 8.63. The molecule has 0 fully saturated rings. The topological polar surface area (TPSA) is 52.5 Å². The number of phenolic OH excluding ortho intramolecular Hbond substituents is 1. The highest BCUT2D eigenvalue weighted by Crippen LogP contribution is 2.26. The Morgan fingerprint density at radius 3 is 2.33 bits per heavy atom. The van der Waals surface area contributed by atoms with Crippen molar-refractivity contribution in [3.8, 4) is 5.75 Å². The molecular weight excluding hydrogens is 226 g/mol. The first-order valence-electron chi connectivity index (χ1n) is 6.55. The van der Waals surface area contributed by atoms with Crippen molar-refractivity contribution < 1.29 is 10.2 Å². The smallest absolute Gasteiger partial charge is 0.120 e. The van der Waals surface area contributed by atoms with Crippen molar-refractivity contribution in [3.63, 3.8) is 0 Å². The van der Waals surface area contributed by atoms with E-state index in [-0.39, 0.29) is 11.5 Å². The van der Waals surface area contributed by atoms with Gasteiger partial charge in [0.2, 0.25) is 0 Å². The largest absolute Gasteiger partial charge is 0.508 e. The van der Waals surface area contributed by atoms with Crippen molar-refractivity contribution in [2.45, 2.75) is 46.3 Å². The Kier molecular flexibility index (Phi) is 5.17. The molecule has 0 radical (unpaired) electrons. The lowest BCUT2D eigenvalue weighted by Gasteiger charge is -2.28. The summed E-state index contributed by atoms with van der Waals surface area (Å²) in [5.74, 6) is 0.307. The van der Waals surface area contributed by atoms with Gasteiger partial charge in [-0.25, -0.2) is 0 Å². The average Bonchev–Trinajstić information content (AvgIpc) is 2.30. The van der Waals surface area contributed by atoms with E-state index in [1.807, 2.05) is 39.0 Å². The first-order valence-corrected chi connectivity index (χ1v) is 6.55. The standard InChI is InChI=1S/C15H25NO2/c1-5-12(11-8-6-7-9-13(11)17)16-10-14(18)15(2,3)4/h6-9,12,14,16-18H,5,10H2,1-4H3/t12-,14+/m0/s1. The quantitative estimate of drug-likeness (QED) is 0.754. The molecule has 0 aliphatic carbocycles. The minimum atomic E-state index is -0.405. The third-order valence-corrected chi connectivity index (χ3v) is 3.28. The van der Waals surface area contributed by atoms with E-state index in [1.165, 1.54) is 0 Å². The molecule has 0 saturated heterocycles. The van der Waals surface area contributed by atoms with Gasteiger partial charge >= 0.3 is 0 Å². The van der Waals surface area contributed by atoms with Crippen LogP contribution in [-0.2, 0) is 0 Å². The van der Waals surface area contributed by atoms with Crippen molar-refractivity contribution in [3.05, 3.63) is 29.8 Å². The average molecular weight is 251 g/mol. The maximum absolute atomic E-state index is 10.0. The minimum absolute atomic E-state index is 0.0724. The summed E-state index contributed by atoms with van der Waals surface area (Å²) in [4.78, 5) is 0. The molecule has 2 atom stereocenters. The molecule has 0 saturated carbocycles. The van der Waals surface area contributed by atoms with Gasteiger partial charge in [0.05, 0.1) is 6.10 Å². The van der Waals surface area contributed by atoms with Crippen LogP contribution in [0.1, 0.15) is 45.7 Å². The second-order valence-electron chi connectivity index (χ2n) is 5.81. The van der Waals surface area contributed by atoms with Gasteiger partial charge in [0, 0.05) is 18.2 Å². The third kappa shape index (κ3) is 4.00. The SMILES string of the molecule is CC[C@H](NC[C@@H](O)C(C)(C)C)c1ccccc1O. The summed E-state index contributed by atoms with van der Waals surface area (Å²) in [6.07, 6.45) is 0.464. The first kappa shape index (κ1) is 15.0. The Bertz CT molecular complexity index is 371. The van der Waals surface area contributed by atoms with Gasteiger partial charge in [0.15, 0.2) is 0 Å². The highest BCUT2D eigenvalue weighted by Gasteiger charge is 2.23. The lowest BCUT2D eigenvalue weighted by molar-refractivity contribution is 0.0602. The molecule has 1 aromatic carbocycles. The normalized spacial score (nSPS) is 15.4. The molecular formula is C15H25NO2. The molecule has 3 heteroatoms. The molecule has 102 valence electrons. The first-order chi connectivity index (χ1) is 8.36. The van der Waals surface area contributed by atoms with Crippen molar-refractivity contribution >= 4 is 0 Å². The summed E-state index contributed by atoms with van der Waals surface area (Å²) in [5.41, 5.74) is 0.755. The van der Waals surface area contributed by atoms with Gasteiger partial charge in [-0.15, -0.1) is 0 Å². The number of hydrogen-bond donors (Lipinski definition) is 3. The molecule has 0 aromatic heterocycles. The fraction of sp³-hybridized carbons (Fsp3) is 0.600. The number of para-hydroxylation sites is 1. The van der Waals surface area contributed by atoms with Crippen LogP contribution >= 0.6 is 0 Å². The van der Waals surface area contributed by atoms with E-state index in [0.717, 1.165) is 12.0 Å².